The lowest BCUT2D eigenvalue weighted by Gasteiger charge is -2.34. The number of hydrogen-bond donors (Lipinski definition) is 1. The molecule has 1 fully saturated rings. The van der Waals surface area contributed by atoms with Gasteiger partial charge in [-0.25, -0.2) is 4.98 Å². The lowest BCUT2D eigenvalue weighted by atomic mass is 9.78. The lowest BCUT2D eigenvalue weighted by Crippen LogP contribution is -2.38. The summed E-state index contributed by atoms with van der Waals surface area (Å²) in [4.78, 5) is 4.37. The standard InChI is InChI=1S/C12H14ClN3/c1-14-9-6-8(7-9)11-12(13)15-10-4-2-3-5-16(10)11/h2-5,8-9,14H,6-7H2,1H3. The molecule has 1 aliphatic rings. The first kappa shape index (κ1) is 10.1. The molecule has 0 atom stereocenters. The van der Waals surface area contributed by atoms with E-state index in [1.165, 1.54) is 5.69 Å². The Morgan fingerprint density at radius 1 is 1.44 bits per heavy atom. The first-order chi connectivity index (χ1) is 7.79. The number of nitrogens with zero attached hydrogens (tertiary/aromatic N) is 2. The van der Waals surface area contributed by atoms with Crippen LogP contribution < -0.4 is 5.32 Å². The third-order valence-corrected chi connectivity index (χ3v) is 3.73. The molecule has 1 N–H and O–H groups in total. The van der Waals surface area contributed by atoms with Crippen molar-refractivity contribution in [3.8, 4) is 0 Å². The summed E-state index contributed by atoms with van der Waals surface area (Å²) in [6, 6.07) is 6.63. The minimum atomic E-state index is 0.544. The van der Waals surface area contributed by atoms with E-state index >= 15 is 0 Å². The number of pyridine rings is 1. The third kappa shape index (κ3) is 1.43. The van der Waals surface area contributed by atoms with Gasteiger partial charge in [0.2, 0.25) is 0 Å². The van der Waals surface area contributed by atoms with Crippen molar-refractivity contribution < 1.29 is 0 Å². The molecule has 2 aromatic heterocycles. The van der Waals surface area contributed by atoms with E-state index in [0.717, 1.165) is 18.5 Å². The van der Waals surface area contributed by atoms with Crippen molar-refractivity contribution in [1.82, 2.24) is 14.7 Å². The average Bonchev–Trinajstić information content (AvgIpc) is 2.54. The minimum Gasteiger partial charge on any atom is -0.317 e. The summed E-state index contributed by atoms with van der Waals surface area (Å²) in [5.41, 5.74) is 2.11. The Labute approximate surface area is 99.4 Å². The van der Waals surface area contributed by atoms with Gasteiger partial charge in [-0.15, -0.1) is 0 Å². The van der Waals surface area contributed by atoms with Gasteiger partial charge in [0, 0.05) is 18.2 Å². The molecule has 84 valence electrons. The van der Waals surface area contributed by atoms with E-state index < -0.39 is 0 Å². The number of fused-ring (bicyclic) bond motifs is 1. The molecule has 0 unspecified atom stereocenters. The number of hydrogen-bond acceptors (Lipinski definition) is 2. The lowest BCUT2D eigenvalue weighted by molar-refractivity contribution is 0.301. The summed E-state index contributed by atoms with van der Waals surface area (Å²) in [5.74, 6) is 0.544. The summed E-state index contributed by atoms with van der Waals surface area (Å²) < 4.78 is 2.11. The zero-order valence-corrected chi connectivity index (χ0v) is 9.91. The molecular formula is C12H14ClN3. The molecule has 0 bridgehead atoms. The summed E-state index contributed by atoms with van der Waals surface area (Å²) in [7, 11) is 2.01. The maximum Gasteiger partial charge on any atom is 0.151 e. The molecule has 16 heavy (non-hydrogen) atoms. The Balaban J connectivity index is 2.00. The number of nitrogens with one attached hydrogen (secondary N) is 1. The van der Waals surface area contributed by atoms with E-state index in [-0.39, 0.29) is 0 Å². The topological polar surface area (TPSA) is 29.3 Å². The SMILES string of the molecule is CNC1CC(c2c(Cl)nc3ccccn23)C1. The van der Waals surface area contributed by atoms with Gasteiger partial charge in [0.1, 0.15) is 5.65 Å². The monoisotopic (exact) mass is 235 g/mol. The van der Waals surface area contributed by atoms with Gasteiger partial charge in [0.25, 0.3) is 0 Å². The zero-order valence-electron chi connectivity index (χ0n) is 9.15. The molecule has 0 spiro atoms. The van der Waals surface area contributed by atoms with Crippen molar-refractivity contribution in [2.24, 2.45) is 0 Å². The van der Waals surface area contributed by atoms with E-state index in [1.54, 1.807) is 0 Å². The molecule has 2 aromatic rings. The highest BCUT2D eigenvalue weighted by Crippen LogP contribution is 2.39. The van der Waals surface area contributed by atoms with Gasteiger partial charge in [-0.05, 0) is 32.0 Å². The van der Waals surface area contributed by atoms with Gasteiger partial charge in [-0.3, -0.25) is 0 Å². The van der Waals surface area contributed by atoms with Crippen LogP contribution in [0.15, 0.2) is 24.4 Å². The highest BCUT2D eigenvalue weighted by atomic mass is 35.5. The summed E-state index contributed by atoms with van der Waals surface area (Å²) in [5, 5.41) is 3.95. The van der Waals surface area contributed by atoms with Gasteiger partial charge in [0.15, 0.2) is 5.15 Å². The predicted molar refractivity (Wildman–Crippen MR) is 65.0 cm³/mol. The first-order valence-electron chi connectivity index (χ1n) is 5.59. The summed E-state index contributed by atoms with van der Waals surface area (Å²) in [6.45, 7) is 0. The number of imidazole rings is 1. The molecule has 1 aliphatic carbocycles. The van der Waals surface area contributed by atoms with Gasteiger partial charge in [0.05, 0.1) is 5.69 Å². The highest BCUT2D eigenvalue weighted by Gasteiger charge is 2.33. The smallest absolute Gasteiger partial charge is 0.151 e. The van der Waals surface area contributed by atoms with Crippen LogP contribution in [0.1, 0.15) is 24.5 Å². The van der Waals surface area contributed by atoms with Crippen LogP contribution in [0.4, 0.5) is 0 Å². The Morgan fingerprint density at radius 3 is 3.00 bits per heavy atom. The molecule has 3 rings (SSSR count). The van der Waals surface area contributed by atoms with Crippen LogP contribution in [0.5, 0.6) is 0 Å². The average molecular weight is 236 g/mol. The van der Waals surface area contributed by atoms with Gasteiger partial charge < -0.3 is 9.72 Å². The third-order valence-electron chi connectivity index (χ3n) is 3.45. The largest absolute Gasteiger partial charge is 0.317 e. The Kier molecular flexibility index (Phi) is 2.37. The van der Waals surface area contributed by atoms with Crippen LogP contribution in [-0.4, -0.2) is 22.5 Å². The van der Waals surface area contributed by atoms with Gasteiger partial charge >= 0.3 is 0 Å². The molecule has 0 amide bonds. The zero-order chi connectivity index (χ0) is 11.1. The molecule has 0 aromatic carbocycles. The predicted octanol–water partition coefficient (Wildman–Crippen LogP) is 2.45. The molecule has 2 heterocycles. The van der Waals surface area contributed by atoms with Crippen molar-refractivity contribution in [3.05, 3.63) is 35.2 Å². The maximum absolute atomic E-state index is 6.21. The Bertz CT molecular complexity index is 514. The van der Waals surface area contributed by atoms with Crippen molar-refractivity contribution in [1.29, 1.82) is 0 Å². The minimum absolute atomic E-state index is 0.544. The number of aromatic nitrogens is 2. The van der Waals surface area contributed by atoms with Crippen molar-refractivity contribution in [3.63, 3.8) is 0 Å². The van der Waals surface area contributed by atoms with Crippen LogP contribution in [0.25, 0.3) is 5.65 Å². The fourth-order valence-electron chi connectivity index (χ4n) is 2.43. The highest BCUT2D eigenvalue weighted by molar-refractivity contribution is 6.30. The number of rotatable bonds is 2. The Morgan fingerprint density at radius 2 is 2.25 bits per heavy atom. The van der Waals surface area contributed by atoms with Gasteiger partial charge in [-0.2, -0.15) is 0 Å². The van der Waals surface area contributed by atoms with E-state index in [0.29, 0.717) is 17.1 Å². The summed E-state index contributed by atoms with van der Waals surface area (Å²) in [6.07, 6.45) is 4.34. The van der Waals surface area contributed by atoms with Crippen LogP contribution in [0.2, 0.25) is 5.15 Å². The molecule has 4 heteroatoms. The van der Waals surface area contributed by atoms with Crippen molar-refractivity contribution in [2.75, 3.05) is 7.05 Å². The number of halogens is 1. The Hall–Kier alpha value is -1.06. The molecule has 0 saturated heterocycles. The molecule has 3 nitrogen and oxygen atoms in total. The van der Waals surface area contributed by atoms with Gasteiger partial charge in [-0.1, -0.05) is 17.7 Å². The second kappa shape index (κ2) is 3.75. The summed E-state index contributed by atoms with van der Waals surface area (Å²) >= 11 is 6.21. The van der Waals surface area contributed by atoms with Crippen LogP contribution in [0.3, 0.4) is 0 Å². The van der Waals surface area contributed by atoms with Crippen molar-refractivity contribution in [2.45, 2.75) is 24.8 Å². The van der Waals surface area contributed by atoms with Crippen molar-refractivity contribution >= 4 is 17.2 Å². The molecule has 1 saturated carbocycles. The van der Waals surface area contributed by atoms with Crippen LogP contribution in [0, 0.1) is 0 Å². The molecular weight excluding hydrogens is 222 g/mol. The van der Waals surface area contributed by atoms with Crippen LogP contribution >= 0.6 is 11.6 Å². The van der Waals surface area contributed by atoms with E-state index in [1.807, 2.05) is 31.4 Å². The quantitative estimate of drug-likeness (QED) is 0.867. The fourth-order valence-corrected chi connectivity index (χ4v) is 2.76. The molecule has 0 aliphatic heterocycles. The van der Waals surface area contributed by atoms with E-state index in [9.17, 15) is 0 Å². The first-order valence-corrected chi connectivity index (χ1v) is 5.97. The van der Waals surface area contributed by atoms with Crippen LogP contribution in [-0.2, 0) is 0 Å². The second-order valence-electron chi connectivity index (χ2n) is 4.37. The second-order valence-corrected chi connectivity index (χ2v) is 4.73. The van der Waals surface area contributed by atoms with E-state index in [4.69, 9.17) is 11.6 Å². The maximum atomic E-state index is 6.21. The fraction of sp³-hybridized carbons (Fsp3) is 0.417. The molecule has 0 radical (unpaired) electrons. The van der Waals surface area contributed by atoms with E-state index in [2.05, 4.69) is 14.7 Å². The normalized spacial score (nSPS) is 24.6.